The molecule has 21 heavy (non-hydrogen) atoms. The molecule has 0 saturated carbocycles. The second kappa shape index (κ2) is 5.70. The molecule has 2 rings (SSSR count). The van der Waals surface area contributed by atoms with Gasteiger partial charge in [0.1, 0.15) is 11.0 Å². The van der Waals surface area contributed by atoms with E-state index in [-0.39, 0.29) is 11.1 Å². The van der Waals surface area contributed by atoms with E-state index in [2.05, 4.69) is 50.9 Å². The fourth-order valence-electron chi connectivity index (χ4n) is 2.00. The van der Waals surface area contributed by atoms with E-state index in [0.717, 1.165) is 17.6 Å². The van der Waals surface area contributed by atoms with Crippen molar-refractivity contribution in [2.45, 2.75) is 58.5 Å². The Labute approximate surface area is 132 Å². The molecule has 0 saturated heterocycles. The van der Waals surface area contributed by atoms with Gasteiger partial charge in [-0.3, -0.25) is 9.67 Å². The van der Waals surface area contributed by atoms with Crippen LogP contribution < -0.4 is 0 Å². The summed E-state index contributed by atoms with van der Waals surface area (Å²) in [6.45, 7) is 14.1. The third-order valence-corrected chi connectivity index (χ3v) is 8.93. The van der Waals surface area contributed by atoms with Crippen LogP contribution in [0.1, 0.15) is 27.7 Å². The number of fused-ring (bicyclic) bond motifs is 1. The molecule has 2 aromatic rings. The summed E-state index contributed by atoms with van der Waals surface area (Å²) in [4.78, 5) is 4.28. The number of hydrogen-bond donors (Lipinski definition) is 0. The van der Waals surface area contributed by atoms with Crippen LogP contribution in [0.25, 0.3) is 11.0 Å². The molecule has 0 bridgehead atoms. The summed E-state index contributed by atoms with van der Waals surface area (Å²) >= 11 is 5.94. The van der Waals surface area contributed by atoms with Crippen molar-refractivity contribution in [2.24, 2.45) is 0 Å². The van der Waals surface area contributed by atoms with Crippen LogP contribution in [-0.4, -0.2) is 29.2 Å². The first-order valence-electron chi connectivity index (χ1n) is 7.25. The topological polar surface area (TPSA) is 39.9 Å². The molecule has 0 aliphatic rings. The number of hydrogen-bond acceptors (Lipinski definition) is 3. The largest absolute Gasteiger partial charge is 0.412 e. The highest BCUT2D eigenvalue weighted by Crippen LogP contribution is 2.37. The van der Waals surface area contributed by atoms with Crippen LogP contribution in [-0.2, 0) is 11.0 Å². The van der Waals surface area contributed by atoms with Crippen molar-refractivity contribution in [2.75, 3.05) is 0 Å². The Bertz CT molecular complexity index is 633. The minimum Gasteiger partial charge on any atom is -0.412 e. The zero-order chi connectivity index (χ0) is 15.8. The molecule has 0 radical (unpaired) electrons. The van der Waals surface area contributed by atoms with Crippen LogP contribution in [0.4, 0.5) is 0 Å². The molecule has 0 aliphatic carbocycles. The molecule has 0 spiro atoms. The minimum atomic E-state index is -1.75. The monoisotopic (exact) mass is 325 g/mol. The van der Waals surface area contributed by atoms with Gasteiger partial charge in [0.15, 0.2) is 8.32 Å². The molecule has 0 N–H and O–H groups in total. The van der Waals surface area contributed by atoms with E-state index in [1.807, 2.05) is 16.9 Å². The molecule has 1 unspecified atom stereocenters. The number of pyridine rings is 1. The maximum absolute atomic E-state index is 6.36. The Morgan fingerprint density at radius 3 is 2.62 bits per heavy atom. The minimum absolute atomic E-state index is 0.121. The molecule has 0 fully saturated rings. The van der Waals surface area contributed by atoms with Crippen LogP contribution in [0.2, 0.25) is 23.2 Å². The maximum atomic E-state index is 6.36. The number of rotatable bonds is 4. The van der Waals surface area contributed by atoms with Crippen molar-refractivity contribution in [3.63, 3.8) is 0 Å². The zero-order valence-electron chi connectivity index (χ0n) is 13.6. The molecule has 4 nitrogen and oxygen atoms in total. The van der Waals surface area contributed by atoms with Gasteiger partial charge in [-0.15, -0.1) is 0 Å². The first-order chi connectivity index (χ1) is 9.58. The van der Waals surface area contributed by atoms with E-state index in [1.54, 1.807) is 6.20 Å². The summed E-state index contributed by atoms with van der Waals surface area (Å²) in [5.41, 5.74) is 1.68. The highest BCUT2D eigenvalue weighted by molar-refractivity contribution is 6.74. The lowest BCUT2D eigenvalue weighted by Crippen LogP contribution is -2.44. The number of nitrogens with zero attached hydrogens (tertiary/aromatic N) is 3. The Hall–Kier alpha value is -0.913. The summed E-state index contributed by atoms with van der Waals surface area (Å²) < 4.78 is 8.25. The third-order valence-electron chi connectivity index (χ3n) is 4.12. The van der Waals surface area contributed by atoms with Gasteiger partial charge in [0.25, 0.3) is 0 Å². The van der Waals surface area contributed by atoms with Gasteiger partial charge in [0, 0.05) is 6.20 Å². The molecule has 0 amide bonds. The van der Waals surface area contributed by atoms with Crippen molar-refractivity contribution in [3.8, 4) is 0 Å². The summed E-state index contributed by atoms with van der Waals surface area (Å²) in [6, 6.07) is 1.83. The van der Waals surface area contributed by atoms with Crippen LogP contribution in [0.5, 0.6) is 0 Å². The smallest absolute Gasteiger partial charge is 0.192 e. The van der Waals surface area contributed by atoms with E-state index >= 15 is 0 Å². The van der Waals surface area contributed by atoms with Gasteiger partial charge < -0.3 is 4.43 Å². The lowest BCUT2D eigenvalue weighted by atomic mass is 10.2. The summed E-state index contributed by atoms with van der Waals surface area (Å²) in [5, 5.41) is 5.33. The average molecular weight is 326 g/mol. The summed E-state index contributed by atoms with van der Waals surface area (Å²) in [5.74, 6) is 0. The lowest BCUT2D eigenvalue weighted by molar-refractivity contribution is 0.174. The van der Waals surface area contributed by atoms with Crippen molar-refractivity contribution in [1.29, 1.82) is 0 Å². The van der Waals surface area contributed by atoms with Gasteiger partial charge in [-0.25, -0.2) is 0 Å². The van der Waals surface area contributed by atoms with Gasteiger partial charge in [-0.05, 0) is 31.1 Å². The van der Waals surface area contributed by atoms with E-state index in [4.69, 9.17) is 16.0 Å². The average Bonchev–Trinajstić information content (AvgIpc) is 2.67. The molecule has 0 aromatic carbocycles. The van der Waals surface area contributed by atoms with Gasteiger partial charge in [-0.1, -0.05) is 32.4 Å². The summed E-state index contributed by atoms with van der Waals surface area (Å²) in [6.07, 6.45) is 3.71. The van der Waals surface area contributed by atoms with E-state index in [1.165, 1.54) is 0 Å². The molecule has 2 heterocycles. The fraction of sp³-hybridized carbons (Fsp3) is 0.600. The quantitative estimate of drug-likeness (QED) is 0.777. The molecule has 116 valence electrons. The van der Waals surface area contributed by atoms with Crippen LogP contribution in [0, 0.1) is 0 Å². The van der Waals surface area contributed by atoms with Crippen molar-refractivity contribution < 1.29 is 4.43 Å². The van der Waals surface area contributed by atoms with Gasteiger partial charge >= 0.3 is 0 Å². The van der Waals surface area contributed by atoms with Gasteiger partial charge in [0.05, 0.1) is 23.9 Å². The SMILES string of the molecule is CC(Cn1cc2ncc(Cl)cc2n1)O[Si](C)(C)C(C)(C)C. The summed E-state index contributed by atoms with van der Waals surface area (Å²) in [7, 11) is -1.75. The predicted octanol–water partition coefficient (Wildman–Crippen LogP) is 4.50. The fourth-order valence-corrected chi connectivity index (χ4v) is 3.59. The standard InChI is InChI=1S/C15H24ClN3OSi/c1-11(20-21(5,6)15(2,3)4)9-19-10-14-13(18-19)7-12(16)8-17-14/h7-8,10-11H,9H2,1-6H3. The Morgan fingerprint density at radius 1 is 1.33 bits per heavy atom. The van der Waals surface area contributed by atoms with Crippen LogP contribution >= 0.6 is 11.6 Å². The molecule has 6 heteroatoms. The predicted molar refractivity (Wildman–Crippen MR) is 90.3 cm³/mol. The van der Waals surface area contributed by atoms with Gasteiger partial charge in [-0.2, -0.15) is 5.10 Å². The van der Waals surface area contributed by atoms with Gasteiger partial charge in [0.2, 0.25) is 0 Å². The number of halogens is 1. The number of aromatic nitrogens is 3. The van der Waals surface area contributed by atoms with Crippen LogP contribution in [0.15, 0.2) is 18.5 Å². The lowest BCUT2D eigenvalue weighted by Gasteiger charge is -2.38. The van der Waals surface area contributed by atoms with Crippen molar-refractivity contribution in [3.05, 3.63) is 23.5 Å². The van der Waals surface area contributed by atoms with E-state index in [9.17, 15) is 0 Å². The van der Waals surface area contributed by atoms with E-state index < -0.39 is 8.32 Å². The first-order valence-corrected chi connectivity index (χ1v) is 10.5. The second-order valence-corrected chi connectivity index (χ2v) is 12.3. The highest BCUT2D eigenvalue weighted by atomic mass is 35.5. The highest BCUT2D eigenvalue weighted by Gasteiger charge is 2.38. The molecule has 0 aliphatic heterocycles. The van der Waals surface area contributed by atoms with Crippen molar-refractivity contribution in [1.82, 2.24) is 14.8 Å². The molecule has 2 aromatic heterocycles. The molecular formula is C15H24ClN3OSi. The maximum Gasteiger partial charge on any atom is 0.192 e. The Morgan fingerprint density at radius 2 is 2.00 bits per heavy atom. The second-order valence-electron chi connectivity index (χ2n) is 7.10. The first kappa shape index (κ1) is 16.5. The van der Waals surface area contributed by atoms with Crippen molar-refractivity contribution >= 4 is 31.0 Å². The Kier molecular flexibility index (Phi) is 4.47. The van der Waals surface area contributed by atoms with Crippen LogP contribution in [0.3, 0.4) is 0 Å². The zero-order valence-corrected chi connectivity index (χ0v) is 15.4. The normalized spacial score (nSPS) is 14.6. The van der Waals surface area contributed by atoms with E-state index in [0.29, 0.717) is 5.02 Å². The molecule has 1 atom stereocenters. The Balaban J connectivity index is 2.09. The third kappa shape index (κ3) is 3.84. The molecular weight excluding hydrogens is 302 g/mol.